The lowest BCUT2D eigenvalue weighted by Crippen LogP contribution is -2.34. The summed E-state index contributed by atoms with van der Waals surface area (Å²) in [6, 6.07) is 6.38. The summed E-state index contributed by atoms with van der Waals surface area (Å²) >= 11 is 0. The molecule has 0 radical (unpaired) electrons. The highest BCUT2D eigenvalue weighted by Crippen LogP contribution is 2.34. The van der Waals surface area contributed by atoms with Crippen LogP contribution in [0.1, 0.15) is 17.5 Å². The van der Waals surface area contributed by atoms with Crippen molar-refractivity contribution in [2.45, 2.75) is 19.5 Å². The summed E-state index contributed by atoms with van der Waals surface area (Å²) in [5.74, 6) is 0.823. The van der Waals surface area contributed by atoms with E-state index in [2.05, 4.69) is 25.7 Å². The first-order valence-electron chi connectivity index (χ1n) is 9.31. The van der Waals surface area contributed by atoms with Crippen molar-refractivity contribution in [3.63, 3.8) is 0 Å². The van der Waals surface area contributed by atoms with E-state index in [1.807, 2.05) is 17.2 Å². The van der Waals surface area contributed by atoms with Gasteiger partial charge in [0.1, 0.15) is 17.2 Å². The largest absolute Gasteiger partial charge is 0.350 e. The van der Waals surface area contributed by atoms with Gasteiger partial charge in [-0.3, -0.25) is 9.48 Å². The van der Waals surface area contributed by atoms with Crippen LogP contribution in [0.25, 0.3) is 0 Å². The number of nitrogens with one attached hydrogen (secondary N) is 2. The number of benzene rings is 1. The van der Waals surface area contributed by atoms with Crippen LogP contribution in [0.4, 0.5) is 21.8 Å². The molecule has 0 saturated heterocycles. The smallest absolute Gasteiger partial charge is 0.272 e. The Morgan fingerprint density at radius 2 is 2.03 bits per heavy atom. The Bertz CT molecular complexity index is 1110. The van der Waals surface area contributed by atoms with Gasteiger partial charge in [0, 0.05) is 24.8 Å². The van der Waals surface area contributed by atoms with E-state index in [4.69, 9.17) is 0 Å². The fraction of sp³-hybridized carbons (Fsp3) is 0.200. The van der Waals surface area contributed by atoms with E-state index in [1.54, 1.807) is 29.2 Å². The third-order valence-electron chi connectivity index (χ3n) is 4.88. The summed E-state index contributed by atoms with van der Waals surface area (Å²) in [5, 5.41) is 10.4. The van der Waals surface area contributed by atoms with Crippen molar-refractivity contribution in [1.29, 1.82) is 0 Å². The number of nitrogens with zero attached hydrogens (tertiary/aromatic N) is 5. The Morgan fingerprint density at radius 1 is 1.17 bits per heavy atom. The first kappa shape index (κ1) is 17.4. The van der Waals surface area contributed by atoms with Crippen molar-refractivity contribution in [3.8, 4) is 0 Å². The normalized spacial score (nSPS) is 14.9. The number of amides is 1. The predicted molar refractivity (Wildman–Crippen MR) is 106 cm³/mol. The molecule has 29 heavy (non-hydrogen) atoms. The second kappa shape index (κ2) is 7.01. The maximum atomic E-state index is 13.0. The molecule has 5 rings (SSSR count). The van der Waals surface area contributed by atoms with Gasteiger partial charge < -0.3 is 15.5 Å². The van der Waals surface area contributed by atoms with E-state index in [-0.39, 0.29) is 11.7 Å². The number of fused-ring (bicyclic) bond motifs is 3. The van der Waals surface area contributed by atoms with Crippen molar-refractivity contribution in [2.24, 2.45) is 0 Å². The molecule has 3 aromatic rings. The topological polar surface area (TPSA) is 88.0 Å². The lowest BCUT2D eigenvalue weighted by Gasteiger charge is -2.28. The van der Waals surface area contributed by atoms with Gasteiger partial charge in [0.15, 0.2) is 5.82 Å². The van der Waals surface area contributed by atoms with Crippen molar-refractivity contribution >= 4 is 23.4 Å². The number of halogens is 1. The quantitative estimate of drug-likeness (QED) is 0.695. The highest BCUT2D eigenvalue weighted by atomic mass is 19.1. The van der Waals surface area contributed by atoms with Crippen molar-refractivity contribution in [1.82, 2.24) is 19.7 Å². The van der Waals surface area contributed by atoms with Crippen LogP contribution in [0.5, 0.6) is 0 Å². The van der Waals surface area contributed by atoms with E-state index in [0.29, 0.717) is 36.2 Å². The van der Waals surface area contributed by atoms with Gasteiger partial charge in [0.2, 0.25) is 5.95 Å². The molecule has 0 unspecified atom stereocenters. The maximum Gasteiger partial charge on any atom is 0.272 e. The van der Waals surface area contributed by atoms with Crippen molar-refractivity contribution in [3.05, 3.63) is 71.6 Å². The molecule has 0 spiro atoms. The molecule has 2 aliphatic heterocycles. The minimum absolute atomic E-state index is 0.118. The monoisotopic (exact) mass is 391 g/mol. The van der Waals surface area contributed by atoms with Crippen LogP contribution in [0.3, 0.4) is 0 Å². The van der Waals surface area contributed by atoms with E-state index in [0.717, 1.165) is 24.1 Å². The zero-order valence-corrected chi connectivity index (χ0v) is 15.5. The van der Waals surface area contributed by atoms with E-state index >= 15 is 0 Å². The molecule has 146 valence electrons. The predicted octanol–water partition coefficient (Wildman–Crippen LogP) is 2.52. The number of carbonyl (C=O) groups is 1. The van der Waals surface area contributed by atoms with Crippen LogP contribution < -0.4 is 15.5 Å². The number of carbonyl (C=O) groups excluding carboxylic acids is 1. The van der Waals surface area contributed by atoms with Gasteiger partial charge in [-0.05, 0) is 24.1 Å². The van der Waals surface area contributed by atoms with Crippen LogP contribution in [0.2, 0.25) is 0 Å². The van der Waals surface area contributed by atoms with Crippen LogP contribution in [0.15, 0.2) is 54.6 Å². The van der Waals surface area contributed by atoms with Gasteiger partial charge in [-0.15, -0.1) is 0 Å². The number of rotatable bonds is 5. The molecule has 4 heterocycles. The molecule has 0 fully saturated rings. The van der Waals surface area contributed by atoms with Gasteiger partial charge in [-0.2, -0.15) is 10.1 Å². The summed E-state index contributed by atoms with van der Waals surface area (Å²) in [4.78, 5) is 22.8. The minimum Gasteiger partial charge on any atom is -0.350 e. The van der Waals surface area contributed by atoms with E-state index < -0.39 is 0 Å². The third-order valence-corrected chi connectivity index (χ3v) is 4.88. The molecule has 0 saturated carbocycles. The highest BCUT2D eigenvalue weighted by Gasteiger charge is 2.31. The van der Waals surface area contributed by atoms with Crippen LogP contribution in [0, 0.1) is 5.82 Å². The molecule has 9 heteroatoms. The molecule has 1 amide bonds. The molecule has 0 aliphatic carbocycles. The first-order valence-corrected chi connectivity index (χ1v) is 9.31. The number of hydrogen-bond donors (Lipinski definition) is 2. The summed E-state index contributed by atoms with van der Waals surface area (Å²) < 4.78 is 14.8. The summed E-state index contributed by atoms with van der Waals surface area (Å²) in [5.41, 5.74) is 3.21. The second-order valence-electron chi connectivity index (χ2n) is 6.94. The van der Waals surface area contributed by atoms with E-state index in [9.17, 15) is 9.18 Å². The average molecular weight is 391 g/mol. The lowest BCUT2D eigenvalue weighted by atomic mass is 10.2. The molecule has 0 atom stereocenters. The standard InChI is InChI=1S/C20H18FN7O/c21-15-5-3-13(4-6-15)11-27-12-14(9-24-27)8-22-20-23-10-16-18(26-20)28-7-1-2-17(28)19(29)25-16/h2-6,9-10,12H,1,7-8,11H2,(H,25,29)(H,22,23,26). The summed E-state index contributed by atoms with van der Waals surface area (Å²) in [6.07, 6.45) is 8.06. The van der Waals surface area contributed by atoms with Gasteiger partial charge in [0.25, 0.3) is 5.91 Å². The highest BCUT2D eigenvalue weighted by molar-refractivity contribution is 6.11. The summed E-state index contributed by atoms with van der Waals surface area (Å²) in [7, 11) is 0. The molecular formula is C20H18FN7O. The van der Waals surface area contributed by atoms with Crippen LogP contribution in [-0.4, -0.2) is 32.2 Å². The fourth-order valence-corrected chi connectivity index (χ4v) is 3.48. The Balaban J connectivity index is 1.26. The van der Waals surface area contributed by atoms with Gasteiger partial charge in [0.05, 0.1) is 18.9 Å². The van der Waals surface area contributed by atoms with E-state index in [1.165, 1.54) is 12.1 Å². The molecule has 0 bridgehead atoms. The van der Waals surface area contributed by atoms with Gasteiger partial charge >= 0.3 is 0 Å². The molecule has 8 nitrogen and oxygen atoms in total. The van der Waals surface area contributed by atoms with Crippen LogP contribution >= 0.6 is 0 Å². The Labute approximate surface area is 166 Å². The third kappa shape index (κ3) is 3.42. The number of aromatic nitrogens is 4. The maximum absolute atomic E-state index is 13.0. The molecule has 1 aromatic carbocycles. The van der Waals surface area contributed by atoms with Gasteiger partial charge in [-0.25, -0.2) is 9.37 Å². The zero-order valence-electron chi connectivity index (χ0n) is 15.5. The summed E-state index contributed by atoms with van der Waals surface area (Å²) in [6.45, 7) is 1.82. The fourth-order valence-electron chi connectivity index (χ4n) is 3.48. The van der Waals surface area contributed by atoms with Gasteiger partial charge in [-0.1, -0.05) is 18.2 Å². The molecular weight excluding hydrogens is 373 g/mol. The number of hydrogen-bond acceptors (Lipinski definition) is 6. The Hall–Kier alpha value is -3.75. The molecule has 2 aromatic heterocycles. The molecule has 2 aliphatic rings. The minimum atomic E-state index is -0.250. The number of anilines is 3. The zero-order chi connectivity index (χ0) is 19.8. The first-order chi connectivity index (χ1) is 14.2. The average Bonchev–Trinajstić information content (AvgIpc) is 3.39. The Kier molecular flexibility index (Phi) is 4.19. The van der Waals surface area contributed by atoms with Crippen molar-refractivity contribution in [2.75, 3.05) is 22.1 Å². The SMILES string of the molecule is O=C1Nc2cnc(NCc3cnn(Cc4ccc(F)cc4)c3)nc2N2CCC=C12. The lowest BCUT2D eigenvalue weighted by molar-refractivity contribution is -0.113. The van der Waals surface area contributed by atoms with Crippen molar-refractivity contribution < 1.29 is 9.18 Å². The molecule has 2 N–H and O–H groups in total. The Morgan fingerprint density at radius 3 is 2.90 bits per heavy atom. The second-order valence-corrected chi connectivity index (χ2v) is 6.94. The van der Waals surface area contributed by atoms with Crippen LogP contribution in [-0.2, 0) is 17.9 Å².